The summed E-state index contributed by atoms with van der Waals surface area (Å²) in [4.78, 5) is 13.3. The summed E-state index contributed by atoms with van der Waals surface area (Å²) >= 11 is 0. The normalized spacial score (nSPS) is 16.8. The first-order chi connectivity index (χ1) is 14.5. The van der Waals surface area contributed by atoms with Crippen LogP contribution in [0.3, 0.4) is 0 Å². The SMILES string of the molecule is CC(C)(C)OC(=O)C1CCCc2c(Cc3ccc(S(C)(=O)=O)cc3)c3ccccc3n21. The number of nitrogens with zero attached hydrogens (tertiary/aromatic N) is 1. The molecule has 0 bridgehead atoms. The number of benzene rings is 2. The fourth-order valence-corrected chi connectivity index (χ4v) is 5.08. The highest BCUT2D eigenvalue weighted by molar-refractivity contribution is 7.90. The molecule has 1 unspecified atom stereocenters. The van der Waals surface area contributed by atoms with Crippen molar-refractivity contribution in [1.29, 1.82) is 0 Å². The number of carbonyl (C=O) groups excluding carboxylic acids is 1. The van der Waals surface area contributed by atoms with Crippen LogP contribution < -0.4 is 0 Å². The minimum atomic E-state index is -3.22. The Hall–Kier alpha value is -2.60. The number of rotatable bonds is 4. The molecule has 1 atom stereocenters. The van der Waals surface area contributed by atoms with Gasteiger partial charge in [-0.05, 0) is 75.8 Å². The highest BCUT2D eigenvalue weighted by Gasteiger charge is 2.33. The lowest BCUT2D eigenvalue weighted by Crippen LogP contribution is -2.32. The molecule has 2 heterocycles. The average Bonchev–Trinajstić information content (AvgIpc) is 3.00. The van der Waals surface area contributed by atoms with Gasteiger partial charge in [0.25, 0.3) is 0 Å². The number of fused-ring (bicyclic) bond motifs is 3. The molecule has 6 heteroatoms. The summed E-state index contributed by atoms with van der Waals surface area (Å²) in [5.74, 6) is -0.182. The molecule has 31 heavy (non-hydrogen) atoms. The van der Waals surface area contributed by atoms with Crippen molar-refractivity contribution in [3.8, 4) is 0 Å². The van der Waals surface area contributed by atoms with Crippen LogP contribution in [0.15, 0.2) is 53.4 Å². The van der Waals surface area contributed by atoms with E-state index in [4.69, 9.17) is 4.74 Å². The molecular weight excluding hydrogens is 410 g/mol. The molecule has 4 rings (SSSR count). The van der Waals surface area contributed by atoms with Crippen LogP contribution in [0.5, 0.6) is 0 Å². The zero-order chi connectivity index (χ0) is 22.4. The summed E-state index contributed by atoms with van der Waals surface area (Å²) in [5.41, 5.74) is 3.95. The monoisotopic (exact) mass is 439 g/mol. The van der Waals surface area contributed by atoms with E-state index >= 15 is 0 Å². The van der Waals surface area contributed by atoms with Gasteiger partial charge in [0.1, 0.15) is 11.6 Å². The highest BCUT2D eigenvalue weighted by atomic mass is 32.2. The maximum atomic E-state index is 13.0. The Morgan fingerprint density at radius 3 is 2.42 bits per heavy atom. The van der Waals surface area contributed by atoms with Crippen molar-refractivity contribution in [3.63, 3.8) is 0 Å². The molecular formula is C25H29NO4S. The van der Waals surface area contributed by atoms with Crippen molar-refractivity contribution in [2.24, 2.45) is 0 Å². The molecule has 0 fully saturated rings. The van der Waals surface area contributed by atoms with E-state index in [1.165, 1.54) is 17.5 Å². The van der Waals surface area contributed by atoms with Crippen molar-refractivity contribution in [2.75, 3.05) is 6.26 Å². The average molecular weight is 440 g/mol. The number of sulfone groups is 1. The second-order valence-corrected chi connectivity index (χ2v) is 11.4. The highest BCUT2D eigenvalue weighted by Crippen LogP contribution is 2.38. The molecule has 3 aromatic rings. The van der Waals surface area contributed by atoms with E-state index in [9.17, 15) is 13.2 Å². The van der Waals surface area contributed by atoms with Crippen LogP contribution in [0.2, 0.25) is 0 Å². The Kier molecular flexibility index (Phi) is 5.46. The summed E-state index contributed by atoms with van der Waals surface area (Å²) < 4.78 is 31.5. The van der Waals surface area contributed by atoms with Gasteiger partial charge in [-0.2, -0.15) is 0 Å². The van der Waals surface area contributed by atoms with Gasteiger partial charge in [-0.15, -0.1) is 0 Å². The smallest absolute Gasteiger partial charge is 0.329 e. The topological polar surface area (TPSA) is 65.4 Å². The Morgan fingerprint density at radius 1 is 1.10 bits per heavy atom. The van der Waals surface area contributed by atoms with Crippen LogP contribution in [0.4, 0.5) is 0 Å². The molecule has 164 valence electrons. The van der Waals surface area contributed by atoms with Crippen molar-refractivity contribution in [1.82, 2.24) is 4.57 Å². The molecule has 1 aromatic heterocycles. The summed E-state index contributed by atoms with van der Waals surface area (Å²) in [6, 6.07) is 15.0. The zero-order valence-corrected chi connectivity index (χ0v) is 19.3. The first-order valence-corrected chi connectivity index (χ1v) is 12.6. The molecule has 0 spiro atoms. The summed E-state index contributed by atoms with van der Waals surface area (Å²) in [5, 5.41) is 1.14. The Bertz CT molecular complexity index is 1230. The van der Waals surface area contributed by atoms with Gasteiger partial charge in [0.2, 0.25) is 0 Å². The lowest BCUT2D eigenvalue weighted by Gasteiger charge is -2.29. The molecule has 1 aliphatic heterocycles. The fraction of sp³-hybridized carbons (Fsp3) is 0.400. The van der Waals surface area contributed by atoms with E-state index in [0.717, 1.165) is 35.7 Å². The maximum Gasteiger partial charge on any atom is 0.329 e. The number of hydrogen-bond donors (Lipinski definition) is 0. The second kappa shape index (κ2) is 7.83. The molecule has 2 aromatic carbocycles. The van der Waals surface area contributed by atoms with Gasteiger partial charge in [0, 0.05) is 22.9 Å². The Balaban J connectivity index is 1.77. The predicted molar refractivity (Wildman–Crippen MR) is 122 cm³/mol. The van der Waals surface area contributed by atoms with Gasteiger partial charge in [-0.3, -0.25) is 0 Å². The lowest BCUT2D eigenvalue weighted by atomic mass is 9.96. The second-order valence-electron chi connectivity index (χ2n) is 9.35. The standard InChI is InChI=1S/C25H29NO4S/c1-25(2,3)30-24(27)23-11-7-10-22-20(19-8-5-6-9-21(19)26(22)23)16-17-12-14-18(15-13-17)31(4,28)29/h5-6,8-9,12-15,23H,7,10-11,16H2,1-4H3. The molecule has 0 aliphatic carbocycles. The van der Waals surface area contributed by atoms with Crippen LogP contribution in [0.1, 0.15) is 56.5 Å². The van der Waals surface area contributed by atoms with E-state index in [1.54, 1.807) is 12.1 Å². The van der Waals surface area contributed by atoms with Crippen LogP contribution in [0, 0.1) is 0 Å². The molecule has 0 saturated carbocycles. The third-order valence-corrected chi connectivity index (χ3v) is 6.87. The van der Waals surface area contributed by atoms with E-state index < -0.39 is 15.4 Å². The van der Waals surface area contributed by atoms with E-state index in [1.807, 2.05) is 45.0 Å². The molecule has 0 saturated heterocycles. The van der Waals surface area contributed by atoms with E-state index in [0.29, 0.717) is 11.3 Å². The van der Waals surface area contributed by atoms with Crippen LogP contribution in [0.25, 0.3) is 10.9 Å². The van der Waals surface area contributed by atoms with Crippen LogP contribution >= 0.6 is 0 Å². The number of esters is 1. The Morgan fingerprint density at radius 2 is 1.77 bits per heavy atom. The molecule has 1 aliphatic rings. The number of para-hydroxylation sites is 1. The first kappa shape index (κ1) is 21.6. The minimum absolute atomic E-state index is 0.182. The van der Waals surface area contributed by atoms with Gasteiger partial charge in [0.05, 0.1) is 4.90 Å². The Labute approximate surface area is 183 Å². The first-order valence-electron chi connectivity index (χ1n) is 10.7. The molecule has 0 radical (unpaired) electrons. The van der Waals surface area contributed by atoms with Gasteiger partial charge in [-0.25, -0.2) is 13.2 Å². The summed E-state index contributed by atoms with van der Waals surface area (Å²) in [6.45, 7) is 5.69. The van der Waals surface area contributed by atoms with Crippen molar-refractivity contribution in [2.45, 2.75) is 63.0 Å². The van der Waals surface area contributed by atoms with E-state index in [-0.39, 0.29) is 12.0 Å². The van der Waals surface area contributed by atoms with Gasteiger partial charge in [-0.1, -0.05) is 30.3 Å². The third-order valence-electron chi connectivity index (χ3n) is 5.74. The quantitative estimate of drug-likeness (QED) is 0.545. The van der Waals surface area contributed by atoms with Gasteiger partial charge in [0.15, 0.2) is 9.84 Å². The maximum absolute atomic E-state index is 13.0. The van der Waals surface area contributed by atoms with Crippen LogP contribution in [-0.2, 0) is 32.2 Å². The molecule has 0 amide bonds. The van der Waals surface area contributed by atoms with Crippen LogP contribution in [-0.4, -0.2) is 30.8 Å². The number of aromatic nitrogens is 1. The minimum Gasteiger partial charge on any atom is -0.458 e. The zero-order valence-electron chi connectivity index (χ0n) is 18.5. The van der Waals surface area contributed by atoms with Crippen molar-refractivity contribution >= 4 is 26.7 Å². The number of hydrogen-bond acceptors (Lipinski definition) is 4. The fourth-order valence-electron chi connectivity index (χ4n) is 4.45. The van der Waals surface area contributed by atoms with Gasteiger partial charge >= 0.3 is 5.97 Å². The summed E-state index contributed by atoms with van der Waals surface area (Å²) in [6.07, 6.45) is 4.51. The molecule has 0 N–H and O–H groups in total. The van der Waals surface area contributed by atoms with E-state index in [2.05, 4.69) is 16.7 Å². The van der Waals surface area contributed by atoms with Gasteiger partial charge < -0.3 is 9.30 Å². The molecule has 5 nitrogen and oxygen atoms in total. The predicted octanol–water partition coefficient (Wildman–Crippen LogP) is 4.85. The summed E-state index contributed by atoms with van der Waals surface area (Å²) in [7, 11) is -3.22. The largest absolute Gasteiger partial charge is 0.458 e. The third kappa shape index (κ3) is 4.40. The lowest BCUT2D eigenvalue weighted by molar-refractivity contribution is -0.159. The number of ether oxygens (including phenoxy) is 1. The number of carbonyl (C=O) groups is 1. The van der Waals surface area contributed by atoms with Crippen molar-refractivity contribution in [3.05, 3.63) is 65.4 Å². The van der Waals surface area contributed by atoms with Crippen molar-refractivity contribution < 1.29 is 17.9 Å².